The number of amides is 1. The van der Waals surface area contributed by atoms with E-state index in [0.717, 1.165) is 11.1 Å². The minimum atomic E-state index is -3.05. The number of likely N-dealkylation sites (tertiary alicyclic amines) is 1. The van der Waals surface area contributed by atoms with Crippen LogP contribution in [-0.4, -0.2) is 68.7 Å². The lowest BCUT2D eigenvalue weighted by atomic mass is 10.0. The normalized spacial score (nSPS) is 22.4. The van der Waals surface area contributed by atoms with Gasteiger partial charge in [-0.1, -0.05) is 30.3 Å². The number of aromatic nitrogens is 5. The molecule has 4 aromatic rings. The van der Waals surface area contributed by atoms with Crippen molar-refractivity contribution in [3.05, 3.63) is 48.9 Å². The van der Waals surface area contributed by atoms with E-state index in [1.165, 1.54) is 13.4 Å². The van der Waals surface area contributed by atoms with E-state index in [2.05, 4.69) is 25.4 Å². The summed E-state index contributed by atoms with van der Waals surface area (Å²) in [5.41, 5.74) is 1.92. The molecule has 1 aromatic carbocycles. The quantitative estimate of drug-likeness (QED) is 0.458. The molecule has 11 heteroatoms. The zero-order valence-corrected chi connectivity index (χ0v) is 19.9. The summed E-state index contributed by atoms with van der Waals surface area (Å²) >= 11 is 0. The number of carbonyl (C=O) groups is 1. The van der Waals surface area contributed by atoms with Crippen LogP contribution in [0.1, 0.15) is 0 Å². The van der Waals surface area contributed by atoms with Gasteiger partial charge in [-0.05, 0) is 7.05 Å². The van der Waals surface area contributed by atoms with Gasteiger partial charge in [0.2, 0.25) is 5.91 Å². The number of nitrogens with zero attached hydrogens (tertiary/aromatic N) is 6. The maximum absolute atomic E-state index is 14.6. The molecular formula is C25H23F2N7O2. The number of aryl methyl sites for hydroxylation is 1. The molecule has 1 saturated heterocycles. The van der Waals surface area contributed by atoms with E-state index in [9.17, 15) is 13.6 Å². The summed E-state index contributed by atoms with van der Waals surface area (Å²) in [5.74, 6) is -4.57. The van der Waals surface area contributed by atoms with Crippen LogP contribution in [0.25, 0.3) is 33.5 Å². The van der Waals surface area contributed by atoms with Crippen molar-refractivity contribution in [2.24, 2.45) is 18.4 Å². The average Bonchev–Trinajstić information content (AvgIpc) is 3.22. The minimum absolute atomic E-state index is 0.0170. The SMILES string of the molecule is COc1cc2ncnc(-c3cn(C)nc3-c3ccccc3)c2nc1NC(=O)C12CN(C)C[C@H]1C2(F)F. The number of hydrogen-bond donors (Lipinski definition) is 1. The van der Waals surface area contributed by atoms with E-state index in [1.807, 2.05) is 43.6 Å². The van der Waals surface area contributed by atoms with Gasteiger partial charge >= 0.3 is 0 Å². The number of halogens is 2. The molecule has 1 aliphatic heterocycles. The third-order valence-corrected chi connectivity index (χ3v) is 7.12. The molecule has 9 nitrogen and oxygen atoms in total. The molecule has 1 amide bonds. The minimum Gasteiger partial charge on any atom is -0.493 e. The molecule has 2 atom stereocenters. The van der Waals surface area contributed by atoms with Crippen molar-refractivity contribution < 1.29 is 18.3 Å². The summed E-state index contributed by atoms with van der Waals surface area (Å²) in [5, 5.41) is 7.23. The molecule has 4 heterocycles. The fourth-order valence-corrected chi connectivity index (χ4v) is 5.30. The van der Waals surface area contributed by atoms with Crippen molar-refractivity contribution in [1.82, 2.24) is 29.6 Å². The van der Waals surface area contributed by atoms with Gasteiger partial charge in [-0.15, -0.1) is 0 Å². The standard InChI is InChI=1S/C25H23F2N7O2/c1-33-11-18-24(12-33,25(18,26)27)23(35)31-22-17(36-3)9-16-21(30-22)20(29-13-28-16)15-10-34(2)32-19(15)14-7-5-4-6-8-14/h4-10,13,18H,11-12H2,1-3H3,(H,30,31,35)/t18-,24?/m1/s1. The second kappa shape index (κ2) is 7.76. The number of piperidine rings is 1. The van der Waals surface area contributed by atoms with Gasteiger partial charge in [-0.25, -0.2) is 23.7 Å². The highest BCUT2D eigenvalue weighted by molar-refractivity contribution is 6.02. The lowest BCUT2D eigenvalue weighted by Gasteiger charge is -2.19. The predicted molar refractivity (Wildman–Crippen MR) is 129 cm³/mol. The van der Waals surface area contributed by atoms with Crippen molar-refractivity contribution in [3.8, 4) is 28.3 Å². The van der Waals surface area contributed by atoms with Crippen molar-refractivity contribution >= 4 is 22.8 Å². The highest BCUT2D eigenvalue weighted by Gasteiger charge is 2.87. The van der Waals surface area contributed by atoms with Crippen LogP contribution in [0.5, 0.6) is 5.75 Å². The van der Waals surface area contributed by atoms with Gasteiger partial charge in [-0.2, -0.15) is 5.10 Å². The number of nitrogens with one attached hydrogen (secondary N) is 1. The third kappa shape index (κ3) is 3.12. The topological polar surface area (TPSA) is 98.1 Å². The zero-order chi connectivity index (χ0) is 25.2. The second-order valence-electron chi connectivity index (χ2n) is 9.36. The average molecular weight is 492 g/mol. The van der Waals surface area contributed by atoms with E-state index < -0.39 is 23.2 Å². The van der Waals surface area contributed by atoms with Gasteiger partial charge < -0.3 is 15.0 Å². The van der Waals surface area contributed by atoms with Crippen LogP contribution in [0.15, 0.2) is 48.9 Å². The van der Waals surface area contributed by atoms with E-state index in [0.29, 0.717) is 22.4 Å². The number of alkyl halides is 2. The molecule has 6 rings (SSSR count). The zero-order valence-electron chi connectivity index (χ0n) is 19.9. The Hall–Kier alpha value is -3.99. The van der Waals surface area contributed by atoms with Gasteiger partial charge in [0.25, 0.3) is 5.92 Å². The fraction of sp³-hybridized carbons (Fsp3) is 0.320. The van der Waals surface area contributed by atoms with Crippen LogP contribution in [0.4, 0.5) is 14.6 Å². The number of carbonyl (C=O) groups excluding carboxylic acids is 1. The molecule has 36 heavy (non-hydrogen) atoms. The summed E-state index contributed by atoms with van der Waals surface area (Å²) < 4.78 is 36.3. The molecule has 0 radical (unpaired) electrons. The molecule has 2 aliphatic rings. The fourth-order valence-electron chi connectivity index (χ4n) is 5.30. The van der Waals surface area contributed by atoms with Crippen LogP contribution in [-0.2, 0) is 11.8 Å². The molecule has 0 bridgehead atoms. The summed E-state index contributed by atoms with van der Waals surface area (Å²) in [7, 11) is 4.96. The van der Waals surface area contributed by atoms with Crippen LogP contribution < -0.4 is 10.1 Å². The van der Waals surface area contributed by atoms with E-state index >= 15 is 0 Å². The number of benzene rings is 1. The first-order valence-corrected chi connectivity index (χ1v) is 11.4. The van der Waals surface area contributed by atoms with Crippen molar-refractivity contribution in [2.45, 2.75) is 5.92 Å². The smallest absolute Gasteiger partial charge is 0.269 e. The van der Waals surface area contributed by atoms with Crippen LogP contribution in [0, 0.1) is 11.3 Å². The maximum Gasteiger partial charge on any atom is 0.269 e. The second-order valence-corrected chi connectivity index (χ2v) is 9.36. The molecule has 1 saturated carbocycles. The van der Waals surface area contributed by atoms with Crippen LogP contribution in [0.2, 0.25) is 0 Å². The van der Waals surface area contributed by atoms with Gasteiger partial charge in [0.15, 0.2) is 11.6 Å². The lowest BCUT2D eigenvalue weighted by Crippen LogP contribution is -2.36. The Bertz CT molecular complexity index is 1510. The number of ether oxygens (including phenoxy) is 1. The lowest BCUT2D eigenvalue weighted by molar-refractivity contribution is -0.125. The third-order valence-electron chi connectivity index (χ3n) is 7.12. The van der Waals surface area contributed by atoms with E-state index in [4.69, 9.17) is 4.74 Å². The molecule has 1 N–H and O–H groups in total. The predicted octanol–water partition coefficient (Wildman–Crippen LogP) is 3.24. The Balaban J connectivity index is 1.45. The van der Waals surface area contributed by atoms with Gasteiger partial charge in [0.05, 0.1) is 18.5 Å². The molecule has 184 valence electrons. The van der Waals surface area contributed by atoms with Gasteiger partial charge in [0.1, 0.15) is 28.6 Å². The molecular weight excluding hydrogens is 468 g/mol. The Labute approximate surface area is 205 Å². The highest BCUT2D eigenvalue weighted by atomic mass is 19.3. The summed E-state index contributed by atoms with van der Waals surface area (Å²) in [6.07, 6.45) is 3.25. The Morgan fingerprint density at radius 3 is 2.67 bits per heavy atom. The summed E-state index contributed by atoms with van der Waals surface area (Å²) in [4.78, 5) is 28.3. The monoisotopic (exact) mass is 491 g/mol. The van der Waals surface area contributed by atoms with E-state index in [1.54, 1.807) is 22.7 Å². The largest absolute Gasteiger partial charge is 0.493 e. The molecule has 1 unspecified atom stereocenters. The summed E-state index contributed by atoms with van der Waals surface area (Å²) in [6.45, 7) is 0.154. The molecule has 3 aromatic heterocycles. The van der Waals surface area contributed by atoms with E-state index in [-0.39, 0.29) is 24.7 Å². The Kier molecular flexibility index (Phi) is 4.84. The molecule has 2 fully saturated rings. The number of methoxy groups -OCH3 is 1. The summed E-state index contributed by atoms with van der Waals surface area (Å²) in [6, 6.07) is 11.3. The first-order valence-electron chi connectivity index (χ1n) is 11.4. The maximum atomic E-state index is 14.6. The van der Waals surface area contributed by atoms with Crippen molar-refractivity contribution in [2.75, 3.05) is 32.6 Å². The molecule has 0 spiro atoms. The molecule has 1 aliphatic carbocycles. The first kappa shape index (κ1) is 22.5. The number of hydrogen-bond acceptors (Lipinski definition) is 7. The van der Waals surface area contributed by atoms with Crippen LogP contribution >= 0.6 is 0 Å². The Morgan fingerprint density at radius 1 is 1.17 bits per heavy atom. The van der Waals surface area contributed by atoms with Crippen molar-refractivity contribution in [3.63, 3.8) is 0 Å². The number of anilines is 1. The Morgan fingerprint density at radius 2 is 1.94 bits per heavy atom. The van der Waals surface area contributed by atoms with Crippen LogP contribution in [0.3, 0.4) is 0 Å². The van der Waals surface area contributed by atoms with Gasteiger partial charge in [-0.3, -0.25) is 9.48 Å². The number of rotatable bonds is 5. The first-order chi connectivity index (χ1) is 17.3. The number of pyridine rings is 1. The van der Waals surface area contributed by atoms with Crippen molar-refractivity contribution in [1.29, 1.82) is 0 Å². The highest BCUT2D eigenvalue weighted by Crippen LogP contribution is 2.69. The van der Waals surface area contributed by atoms with Gasteiger partial charge in [0, 0.05) is 43.5 Å². The number of fused-ring (bicyclic) bond motifs is 2.